The Labute approximate surface area is 106 Å². The van der Waals surface area contributed by atoms with Crippen LogP contribution in [0.2, 0.25) is 0 Å². The molecule has 0 saturated carbocycles. The third-order valence-electron chi connectivity index (χ3n) is 2.24. The minimum absolute atomic E-state index is 0.0462. The van der Waals surface area contributed by atoms with Crippen molar-refractivity contribution in [1.82, 2.24) is 4.72 Å². The summed E-state index contributed by atoms with van der Waals surface area (Å²) in [5.74, 6) is -1.23. The molecular formula is C11H15NO5S. The van der Waals surface area contributed by atoms with Gasteiger partial charge < -0.3 is 9.84 Å². The van der Waals surface area contributed by atoms with Gasteiger partial charge in [0.05, 0.1) is 11.5 Å². The smallest absolute Gasteiger partial charge is 0.318 e. The first-order valence-electron chi connectivity index (χ1n) is 5.25. The highest BCUT2D eigenvalue weighted by Crippen LogP contribution is 2.10. The lowest BCUT2D eigenvalue weighted by atomic mass is 10.2. The maximum absolute atomic E-state index is 11.7. The Kier molecular flexibility index (Phi) is 5.26. The summed E-state index contributed by atoms with van der Waals surface area (Å²) in [6.45, 7) is -0.0723. The number of hydrogen-bond acceptors (Lipinski definition) is 4. The van der Waals surface area contributed by atoms with Gasteiger partial charge in [-0.1, -0.05) is 12.1 Å². The average molecular weight is 273 g/mol. The van der Waals surface area contributed by atoms with Crippen molar-refractivity contribution in [1.29, 1.82) is 0 Å². The van der Waals surface area contributed by atoms with Gasteiger partial charge in [-0.3, -0.25) is 4.79 Å². The molecule has 0 unspecified atom stereocenters. The van der Waals surface area contributed by atoms with Crippen molar-refractivity contribution in [3.05, 3.63) is 29.8 Å². The van der Waals surface area contributed by atoms with Gasteiger partial charge in [0.1, 0.15) is 6.54 Å². The van der Waals surface area contributed by atoms with E-state index in [1.165, 1.54) is 12.1 Å². The fourth-order valence-corrected chi connectivity index (χ4v) is 2.27. The second kappa shape index (κ2) is 6.48. The molecule has 0 aliphatic rings. The molecule has 0 aromatic heterocycles. The number of nitrogens with one attached hydrogen (secondary N) is 1. The second-order valence-corrected chi connectivity index (χ2v) is 5.37. The lowest BCUT2D eigenvalue weighted by Gasteiger charge is -2.06. The summed E-state index contributed by atoms with van der Waals surface area (Å²) < 4.78 is 30.2. The van der Waals surface area contributed by atoms with Gasteiger partial charge in [0.2, 0.25) is 10.0 Å². The molecule has 0 radical (unpaired) electrons. The van der Waals surface area contributed by atoms with Crippen molar-refractivity contribution in [2.75, 3.05) is 20.3 Å². The molecule has 7 heteroatoms. The summed E-state index contributed by atoms with van der Waals surface area (Å²) >= 11 is 0. The van der Waals surface area contributed by atoms with Gasteiger partial charge in [-0.05, 0) is 24.1 Å². The van der Waals surface area contributed by atoms with Crippen molar-refractivity contribution in [2.45, 2.75) is 11.3 Å². The van der Waals surface area contributed by atoms with Crippen LogP contribution in [0.1, 0.15) is 5.56 Å². The highest BCUT2D eigenvalue weighted by molar-refractivity contribution is 7.89. The first kappa shape index (κ1) is 14.6. The van der Waals surface area contributed by atoms with Crippen LogP contribution in [-0.2, 0) is 26.0 Å². The van der Waals surface area contributed by atoms with Crippen LogP contribution >= 0.6 is 0 Å². The SMILES string of the molecule is COCCc1ccc(S(=O)(=O)NCC(=O)O)cc1. The molecule has 100 valence electrons. The molecule has 0 fully saturated rings. The molecule has 0 saturated heterocycles. The van der Waals surface area contributed by atoms with Crippen LogP contribution < -0.4 is 4.72 Å². The molecule has 18 heavy (non-hydrogen) atoms. The van der Waals surface area contributed by atoms with Gasteiger partial charge >= 0.3 is 5.97 Å². The average Bonchev–Trinajstić information content (AvgIpc) is 2.34. The highest BCUT2D eigenvalue weighted by atomic mass is 32.2. The Morgan fingerprint density at radius 3 is 2.44 bits per heavy atom. The number of ether oxygens (including phenoxy) is 1. The topological polar surface area (TPSA) is 92.7 Å². The van der Waals surface area contributed by atoms with Gasteiger partial charge in [0, 0.05) is 7.11 Å². The normalized spacial score (nSPS) is 11.4. The highest BCUT2D eigenvalue weighted by Gasteiger charge is 2.14. The van der Waals surface area contributed by atoms with E-state index in [1.54, 1.807) is 19.2 Å². The Morgan fingerprint density at radius 1 is 1.33 bits per heavy atom. The van der Waals surface area contributed by atoms with Crippen LogP contribution in [0.15, 0.2) is 29.2 Å². The van der Waals surface area contributed by atoms with Crippen LogP contribution in [0.4, 0.5) is 0 Å². The molecule has 6 nitrogen and oxygen atoms in total. The van der Waals surface area contributed by atoms with Gasteiger partial charge in [0.25, 0.3) is 0 Å². The molecule has 2 N–H and O–H groups in total. The van der Waals surface area contributed by atoms with Crippen molar-refractivity contribution in [2.24, 2.45) is 0 Å². The Bertz CT molecular complexity index is 495. The minimum Gasteiger partial charge on any atom is -0.480 e. The number of rotatable bonds is 7. The number of carbonyl (C=O) groups is 1. The Morgan fingerprint density at radius 2 is 1.94 bits per heavy atom. The van der Waals surface area contributed by atoms with Crippen LogP contribution in [-0.4, -0.2) is 39.8 Å². The Balaban J connectivity index is 2.74. The van der Waals surface area contributed by atoms with E-state index in [0.717, 1.165) is 5.56 Å². The molecule has 0 aliphatic heterocycles. The van der Waals surface area contributed by atoms with E-state index in [1.807, 2.05) is 4.72 Å². The van der Waals surface area contributed by atoms with Crippen molar-refractivity contribution in [3.8, 4) is 0 Å². The van der Waals surface area contributed by atoms with Crippen LogP contribution in [0, 0.1) is 0 Å². The zero-order valence-corrected chi connectivity index (χ0v) is 10.7. The second-order valence-electron chi connectivity index (χ2n) is 3.61. The fraction of sp³-hybridized carbons (Fsp3) is 0.364. The first-order valence-corrected chi connectivity index (χ1v) is 6.73. The lowest BCUT2D eigenvalue weighted by Crippen LogP contribution is -2.29. The number of hydrogen-bond donors (Lipinski definition) is 2. The van der Waals surface area contributed by atoms with Gasteiger partial charge in [-0.2, -0.15) is 4.72 Å². The van der Waals surface area contributed by atoms with Gasteiger partial charge in [-0.25, -0.2) is 8.42 Å². The van der Waals surface area contributed by atoms with Crippen LogP contribution in [0.25, 0.3) is 0 Å². The van der Waals surface area contributed by atoms with E-state index in [4.69, 9.17) is 9.84 Å². The minimum atomic E-state index is -3.75. The van der Waals surface area contributed by atoms with E-state index in [2.05, 4.69) is 0 Å². The molecule has 0 atom stereocenters. The summed E-state index contributed by atoms with van der Waals surface area (Å²) in [5.41, 5.74) is 0.953. The molecule has 0 aliphatic carbocycles. The number of carboxylic acids is 1. The fourth-order valence-electron chi connectivity index (χ4n) is 1.30. The van der Waals surface area contributed by atoms with Crippen molar-refractivity contribution >= 4 is 16.0 Å². The zero-order chi connectivity index (χ0) is 13.6. The maximum Gasteiger partial charge on any atom is 0.318 e. The predicted molar refractivity (Wildman–Crippen MR) is 64.8 cm³/mol. The third-order valence-corrected chi connectivity index (χ3v) is 3.66. The quantitative estimate of drug-likeness (QED) is 0.742. The monoisotopic (exact) mass is 273 g/mol. The summed E-state index contributed by atoms with van der Waals surface area (Å²) in [7, 11) is -2.16. The maximum atomic E-state index is 11.7. The molecule has 0 amide bonds. The number of methoxy groups -OCH3 is 1. The summed E-state index contributed by atoms with van der Waals surface area (Å²) in [6, 6.07) is 6.23. The first-order chi connectivity index (χ1) is 8.45. The zero-order valence-electron chi connectivity index (χ0n) is 9.92. The number of aliphatic carboxylic acids is 1. The molecule has 1 rings (SSSR count). The van der Waals surface area contributed by atoms with Crippen molar-refractivity contribution in [3.63, 3.8) is 0 Å². The van der Waals surface area contributed by atoms with Gasteiger partial charge in [-0.15, -0.1) is 0 Å². The predicted octanol–water partition coefficient (Wildman–Crippen LogP) is 0.238. The van der Waals surface area contributed by atoms with E-state index in [0.29, 0.717) is 13.0 Å². The largest absolute Gasteiger partial charge is 0.480 e. The molecular weight excluding hydrogens is 258 g/mol. The van der Waals surface area contributed by atoms with E-state index in [9.17, 15) is 13.2 Å². The molecule has 0 spiro atoms. The number of benzene rings is 1. The standard InChI is InChI=1S/C11H15NO5S/c1-17-7-6-9-2-4-10(5-3-9)18(15,16)12-8-11(13)14/h2-5,12H,6-8H2,1H3,(H,13,14). The lowest BCUT2D eigenvalue weighted by molar-refractivity contribution is -0.135. The van der Waals surface area contributed by atoms with Crippen LogP contribution in [0.3, 0.4) is 0 Å². The van der Waals surface area contributed by atoms with E-state index < -0.39 is 22.5 Å². The Hall–Kier alpha value is -1.44. The summed E-state index contributed by atoms with van der Waals surface area (Å²) in [4.78, 5) is 10.4. The molecule has 1 aromatic rings. The molecule has 0 heterocycles. The van der Waals surface area contributed by atoms with E-state index >= 15 is 0 Å². The third kappa shape index (κ3) is 4.44. The number of sulfonamides is 1. The van der Waals surface area contributed by atoms with Gasteiger partial charge in [0.15, 0.2) is 0 Å². The molecule has 0 bridgehead atoms. The summed E-state index contributed by atoms with van der Waals surface area (Å²) in [6.07, 6.45) is 0.694. The molecule has 1 aromatic carbocycles. The van der Waals surface area contributed by atoms with Crippen molar-refractivity contribution < 1.29 is 23.1 Å². The van der Waals surface area contributed by atoms with Crippen LogP contribution in [0.5, 0.6) is 0 Å². The number of carboxylic acid groups (broad SMARTS) is 1. The summed E-state index contributed by atoms with van der Waals surface area (Å²) in [5, 5.41) is 8.42. The van der Waals surface area contributed by atoms with E-state index in [-0.39, 0.29) is 4.90 Å².